The number of hydrogen-bond donors (Lipinski definition) is 1. The van der Waals surface area contributed by atoms with Gasteiger partial charge in [0.05, 0.1) is 10.9 Å². The number of unbranched alkanes of at least 4 members (excludes halogenated alkanes) is 1. The SMILES string of the molecule is CCCCNC(=O)C1CSC(CC(C)C)N1C(=O)c1ccccc1F. The van der Waals surface area contributed by atoms with Crippen molar-refractivity contribution in [2.75, 3.05) is 12.3 Å². The van der Waals surface area contributed by atoms with E-state index in [-0.39, 0.29) is 16.8 Å². The molecule has 2 amide bonds. The molecule has 4 nitrogen and oxygen atoms in total. The Morgan fingerprint density at radius 1 is 1.36 bits per heavy atom. The van der Waals surface area contributed by atoms with Crippen LogP contribution in [0.15, 0.2) is 24.3 Å². The molecule has 1 N–H and O–H groups in total. The van der Waals surface area contributed by atoms with Crippen molar-refractivity contribution in [2.24, 2.45) is 5.92 Å². The highest BCUT2D eigenvalue weighted by Crippen LogP contribution is 2.35. The summed E-state index contributed by atoms with van der Waals surface area (Å²) in [6.45, 7) is 6.83. The molecule has 1 aromatic carbocycles. The maximum atomic E-state index is 14.1. The molecular weight excluding hydrogens is 339 g/mol. The van der Waals surface area contributed by atoms with Crippen molar-refractivity contribution in [3.63, 3.8) is 0 Å². The Balaban J connectivity index is 2.22. The van der Waals surface area contributed by atoms with E-state index in [1.165, 1.54) is 12.1 Å². The Hall–Kier alpha value is -1.56. The second-order valence-corrected chi connectivity index (χ2v) is 7.98. The average molecular weight is 367 g/mol. The molecule has 1 heterocycles. The van der Waals surface area contributed by atoms with Gasteiger partial charge in [-0.2, -0.15) is 0 Å². The number of halogens is 1. The molecule has 1 fully saturated rings. The molecule has 2 unspecified atom stereocenters. The smallest absolute Gasteiger partial charge is 0.258 e. The van der Waals surface area contributed by atoms with Crippen LogP contribution in [0.1, 0.15) is 50.4 Å². The Bertz CT molecular complexity index is 609. The number of carbonyl (C=O) groups excluding carboxylic acids is 2. The molecule has 0 aliphatic carbocycles. The number of rotatable bonds is 7. The zero-order valence-electron chi connectivity index (χ0n) is 15.1. The molecule has 0 spiro atoms. The van der Waals surface area contributed by atoms with E-state index in [9.17, 15) is 14.0 Å². The summed E-state index contributed by atoms with van der Waals surface area (Å²) in [6.07, 6.45) is 2.68. The van der Waals surface area contributed by atoms with E-state index in [4.69, 9.17) is 0 Å². The normalized spacial score (nSPS) is 20.1. The van der Waals surface area contributed by atoms with Crippen LogP contribution < -0.4 is 5.32 Å². The van der Waals surface area contributed by atoms with Gasteiger partial charge in [-0.1, -0.05) is 39.3 Å². The molecule has 1 aliphatic heterocycles. The first-order valence-corrected chi connectivity index (χ1v) is 9.97. The predicted octanol–water partition coefficient (Wildman–Crippen LogP) is 3.67. The molecule has 1 aliphatic rings. The molecule has 25 heavy (non-hydrogen) atoms. The van der Waals surface area contributed by atoms with E-state index in [0.717, 1.165) is 19.3 Å². The summed E-state index contributed by atoms with van der Waals surface area (Å²) >= 11 is 1.61. The van der Waals surface area contributed by atoms with Crippen LogP contribution in [0.2, 0.25) is 0 Å². The van der Waals surface area contributed by atoms with E-state index in [1.807, 2.05) is 0 Å². The Kier molecular flexibility index (Phi) is 7.29. The monoisotopic (exact) mass is 366 g/mol. The van der Waals surface area contributed by atoms with Gasteiger partial charge in [0.1, 0.15) is 11.9 Å². The lowest BCUT2D eigenvalue weighted by molar-refractivity contribution is -0.124. The summed E-state index contributed by atoms with van der Waals surface area (Å²) < 4.78 is 14.1. The second kappa shape index (κ2) is 9.22. The van der Waals surface area contributed by atoms with Crippen LogP contribution in [0.25, 0.3) is 0 Å². The molecule has 0 saturated carbocycles. The third-order valence-electron chi connectivity index (χ3n) is 4.24. The van der Waals surface area contributed by atoms with Crippen molar-refractivity contribution < 1.29 is 14.0 Å². The topological polar surface area (TPSA) is 49.4 Å². The first kappa shape index (κ1) is 19.8. The van der Waals surface area contributed by atoms with Gasteiger partial charge in [0, 0.05) is 12.3 Å². The van der Waals surface area contributed by atoms with Crippen molar-refractivity contribution in [2.45, 2.75) is 51.4 Å². The van der Waals surface area contributed by atoms with Crippen molar-refractivity contribution >= 4 is 23.6 Å². The molecule has 1 saturated heterocycles. The highest BCUT2D eigenvalue weighted by molar-refractivity contribution is 8.00. The maximum absolute atomic E-state index is 14.1. The van der Waals surface area contributed by atoms with Gasteiger partial charge in [0.15, 0.2) is 0 Å². The summed E-state index contributed by atoms with van der Waals surface area (Å²) in [5.74, 6) is -0.148. The average Bonchev–Trinajstić information content (AvgIpc) is 2.97. The number of hydrogen-bond acceptors (Lipinski definition) is 3. The lowest BCUT2D eigenvalue weighted by atomic mass is 10.1. The van der Waals surface area contributed by atoms with E-state index < -0.39 is 17.8 Å². The third-order valence-corrected chi connectivity index (χ3v) is 5.55. The number of thioether (sulfide) groups is 1. The minimum Gasteiger partial charge on any atom is -0.354 e. The number of carbonyl (C=O) groups is 2. The highest BCUT2D eigenvalue weighted by atomic mass is 32.2. The van der Waals surface area contributed by atoms with Gasteiger partial charge in [-0.25, -0.2) is 4.39 Å². The van der Waals surface area contributed by atoms with Gasteiger partial charge < -0.3 is 10.2 Å². The standard InChI is InChI=1S/C19H27FN2O2S/c1-4-5-10-21-18(23)16-12-25-17(11-13(2)3)22(16)19(24)14-8-6-7-9-15(14)20/h6-9,13,16-17H,4-5,10-12H2,1-3H3,(H,21,23). The number of benzene rings is 1. The minimum atomic E-state index is -0.544. The summed E-state index contributed by atoms with van der Waals surface area (Å²) in [6, 6.07) is 5.43. The number of nitrogens with one attached hydrogen (secondary N) is 1. The van der Waals surface area contributed by atoms with Crippen LogP contribution in [0.4, 0.5) is 4.39 Å². The largest absolute Gasteiger partial charge is 0.354 e. The minimum absolute atomic E-state index is 0.0325. The van der Waals surface area contributed by atoms with Crippen LogP contribution >= 0.6 is 11.8 Å². The van der Waals surface area contributed by atoms with Crippen molar-refractivity contribution in [1.82, 2.24) is 10.2 Å². The second-order valence-electron chi connectivity index (χ2n) is 6.77. The highest BCUT2D eigenvalue weighted by Gasteiger charge is 2.42. The molecular formula is C19H27FN2O2S. The zero-order chi connectivity index (χ0) is 18.4. The lowest BCUT2D eigenvalue weighted by Crippen LogP contribution is -2.50. The van der Waals surface area contributed by atoms with Crippen molar-refractivity contribution in [1.29, 1.82) is 0 Å². The van der Waals surface area contributed by atoms with Crippen LogP contribution in [-0.2, 0) is 4.79 Å². The maximum Gasteiger partial charge on any atom is 0.258 e. The molecule has 2 rings (SSSR count). The first-order chi connectivity index (χ1) is 12.0. The predicted molar refractivity (Wildman–Crippen MR) is 100.0 cm³/mol. The van der Waals surface area contributed by atoms with Gasteiger partial charge in [-0.05, 0) is 30.9 Å². The van der Waals surface area contributed by atoms with Crippen LogP contribution in [-0.4, -0.2) is 40.4 Å². The summed E-state index contributed by atoms with van der Waals surface area (Å²) in [5.41, 5.74) is 0.0325. The summed E-state index contributed by atoms with van der Waals surface area (Å²) in [4.78, 5) is 27.2. The zero-order valence-corrected chi connectivity index (χ0v) is 15.9. The Labute approximate surface area is 153 Å². The fourth-order valence-corrected chi connectivity index (χ4v) is 4.54. The van der Waals surface area contributed by atoms with E-state index in [2.05, 4.69) is 26.1 Å². The summed E-state index contributed by atoms with van der Waals surface area (Å²) in [7, 11) is 0. The molecule has 138 valence electrons. The molecule has 6 heteroatoms. The number of amides is 2. The fraction of sp³-hybridized carbons (Fsp3) is 0.579. The van der Waals surface area contributed by atoms with Gasteiger partial charge in [-0.15, -0.1) is 11.8 Å². The molecule has 2 atom stereocenters. The summed E-state index contributed by atoms with van der Waals surface area (Å²) in [5, 5.41) is 2.81. The fourth-order valence-electron chi connectivity index (χ4n) is 2.90. The van der Waals surface area contributed by atoms with Gasteiger partial charge in [0.25, 0.3) is 5.91 Å². The first-order valence-electron chi connectivity index (χ1n) is 8.92. The van der Waals surface area contributed by atoms with Gasteiger partial charge in [0.2, 0.25) is 5.91 Å². The van der Waals surface area contributed by atoms with E-state index in [1.54, 1.807) is 28.8 Å². The van der Waals surface area contributed by atoms with E-state index in [0.29, 0.717) is 18.2 Å². The molecule has 0 bridgehead atoms. The molecule has 0 aromatic heterocycles. The van der Waals surface area contributed by atoms with Crippen LogP contribution in [0, 0.1) is 11.7 Å². The van der Waals surface area contributed by atoms with Crippen molar-refractivity contribution in [3.05, 3.63) is 35.6 Å². The third kappa shape index (κ3) is 4.97. The number of nitrogens with zero attached hydrogens (tertiary/aromatic N) is 1. The quantitative estimate of drug-likeness (QED) is 0.749. The van der Waals surface area contributed by atoms with Gasteiger partial charge >= 0.3 is 0 Å². The van der Waals surface area contributed by atoms with Gasteiger partial charge in [-0.3, -0.25) is 9.59 Å². The molecule has 0 radical (unpaired) electrons. The van der Waals surface area contributed by atoms with Crippen LogP contribution in [0.5, 0.6) is 0 Å². The van der Waals surface area contributed by atoms with Crippen molar-refractivity contribution in [3.8, 4) is 0 Å². The van der Waals surface area contributed by atoms with Crippen LogP contribution in [0.3, 0.4) is 0 Å². The Morgan fingerprint density at radius 2 is 2.08 bits per heavy atom. The Morgan fingerprint density at radius 3 is 2.72 bits per heavy atom. The van der Waals surface area contributed by atoms with E-state index >= 15 is 0 Å². The lowest BCUT2D eigenvalue weighted by Gasteiger charge is -2.30. The molecule has 1 aromatic rings.